The van der Waals surface area contributed by atoms with E-state index in [1.54, 1.807) is 13.0 Å². The Morgan fingerprint density at radius 1 is 1.36 bits per heavy atom. The van der Waals surface area contributed by atoms with Gasteiger partial charge >= 0.3 is 0 Å². The average molecular weight is 316 g/mol. The van der Waals surface area contributed by atoms with Crippen molar-refractivity contribution in [3.05, 3.63) is 35.6 Å². The van der Waals surface area contributed by atoms with E-state index in [1.165, 1.54) is 17.3 Å². The van der Waals surface area contributed by atoms with Crippen LogP contribution in [0.1, 0.15) is 17.7 Å². The van der Waals surface area contributed by atoms with Crippen molar-refractivity contribution in [3.8, 4) is 0 Å². The van der Waals surface area contributed by atoms with Gasteiger partial charge in [0.05, 0.1) is 11.0 Å². The molecule has 2 heterocycles. The molecule has 1 aromatic carbocycles. The first-order valence-electron chi connectivity index (χ1n) is 6.92. The molecule has 0 saturated heterocycles. The number of amides is 1. The maximum Gasteiger partial charge on any atom is 0.226 e. The van der Waals surface area contributed by atoms with E-state index in [9.17, 15) is 4.79 Å². The van der Waals surface area contributed by atoms with Gasteiger partial charge in [0.15, 0.2) is 11.0 Å². The Hall–Kier alpha value is -2.28. The number of aryl methyl sites for hydroxylation is 2. The number of aromatic amines is 1. The second-order valence-corrected chi connectivity index (χ2v) is 6.12. The SMILES string of the molecule is Cc1ccc2nc(SCCC(=O)Nc3cc(C)on3)[nH]c2c1. The standard InChI is InChI=1S/C15H16N4O2S/c1-9-3-4-11-12(7-9)17-15(16-11)22-6-5-14(20)18-13-8-10(2)21-19-13/h3-4,7-8H,5-6H2,1-2H3,(H,16,17)(H,18,19,20). The summed E-state index contributed by atoms with van der Waals surface area (Å²) >= 11 is 1.52. The molecule has 114 valence electrons. The lowest BCUT2D eigenvalue weighted by Gasteiger charge is -1.99. The molecule has 2 N–H and O–H groups in total. The maximum atomic E-state index is 11.8. The first kappa shape index (κ1) is 14.6. The zero-order chi connectivity index (χ0) is 15.5. The number of hydrogen-bond acceptors (Lipinski definition) is 5. The van der Waals surface area contributed by atoms with Crippen LogP contribution in [0.3, 0.4) is 0 Å². The van der Waals surface area contributed by atoms with Crippen molar-refractivity contribution in [2.24, 2.45) is 0 Å². The fraction of sp³-hybridized carbons (Fsp3) is 0.267. The molecule has 0 spiro atoms. The lowest BCUT2D eigenvalue weighted by atomic mass is 10.2. The molecule has 22 heavy (non-hydrogen) atoms. The molecule has 1 amide bonds. The van der Waals surface area contributed by atoms with Crippen LogP contribution in [0.15, 0.2) is 33.9 Å². The van der Waals surface area contributed by atoms with Crippen molar-refractivity contribution >= 4 is 34.5 Å². The van der Waals surface area contributed by atoms with Gasteiger partial charge in [0.25, 0.3) is 0 Å². The van der Waals surface area contributed by atoms with Crippen LogP contribution in [0.25, 0.3) is 11.0 Å². The maximum absolute atomic E-state index is 11.8. The van der Waals surface area contributed by atoms with Gasteiger partial charge in [-0.2, -0.15) is 0 Å². The topological polar surface area (TPSA) is 83.8 Å². The molecule has 6 nitrogen and oxygen atoms in total. The number of anilines is 1. The molecule has 0 aliphatic rings. The number of rotatable bonds is 5. The van der Waals surface area contributed by atoms with E-state index < -0.39 is 0 Å². The van der Waals surface area contributed by atoms with E-state index in [4.69, 9.17) is 4.52 Å². The summed E-state index contributed by atoms with van der Waals surface area (Å²) in [5.41, 5.74) is 3.15. The zero-order valence-corrected chi connectivity index (χ0v) is 13.2. The van der Waals surface area contributed by atoms with Gasteiger partial charge in [-0.05, 0) is 31.5 Å². The smallest absolute Gasteiger partial charge is 0.226 e. The van der Waals surface area contributed by atoms with Crippen LogP contribution in [0.5, 0.6) is 0 Å². The van der Waals surface area contributed by atoms with Gasteiger partial charge in [-0.3, -0.25) is 4.79 Å². The van der Waals surface area contributed by atoms with Gasteiger partial charge in [0.2, 0.25) is 5.91 Å². The number of nitrogens with zero attached hydrogens (tertiary/aromatic N) is 2. The van der Waals surface area contributed by atoms with Crippen LogP contribution in [-0.2, 0) is 4.79 Å². The molecule has 0 aliphatic carbocycles. The summed E-state index contributed by atoms with van der Waals surface area (Å²) < 4.78 is 4.90. The Labute approximate surface area is 131 Å². The fourth-order valence-corrected chi connectivity index (χ4v) is 2.87. The van der Waals surface area contributed by atoms with Gasteiger partial charge in [-0.1, -0.05) is 23.0 Å². The van der Waals surface area contributed by atoms with Gasteiger partial charge < -0.3 is 14.8 Å². The third kappa shape index (κ3) is 3.48. The van der Waals surface area contributed by atoms with E-state index in [2.05, 4.69) is 26.5 Å². The summed E-state index contributed by atoms with van der Waals surface area (Å²) in [6.45, 7) is 3.82. The molecular formula is C15H16N4O2S. The Balaban J connectivity index is 1.52. The number of carbonyl (C=O) groups excluding carboxylic acids is 1. The predicted molar refractivity (Wildman–Crippen MR) is 86.0 cm³/mol. The predicted octanol–water partition coefficient (Wildman–Crippen LogP) is 3.29. The van der Waals surface area contributed by atoms with E-state index in [-0.39, 0.29) is 5.91 Å². The summed E-state index contributed by atoms with van der Waals surface area (Å²) in [6, 6.07) is 7.77. The highest BCUT2D eigenvalue weighted by molar-refractivity contribution is 7.99. The molecule has 2 aromatic heterocycles. The van der Waals surface area contributed by atoms with Crippen molar-refractivity contribution < 1.29 is 9.32 Å². The molecule has 7 heteroatoms. The number of imidazole rings is 1. The Morgan fingerprint density at radius 3 is 3.00 bits per heavy atom. The lowest BCUT2D eigenvalue weighted by molar-refractivity contribution is -0.115. The summed E-state index contributed by atoms with van der Waals surface area (Å²) in [7, 11) is 0. The van der Waals surface area contributed by atoms with E-state index in [0.29, 0.717) is 23.8 Å². The quantitative estimate of drug-likeness (QED) is 0.706. The van der Waals surface area contributed by atoms with Crippen molar-refractivity contribution in [2.75, 3.05) is 11.1 Å². The molecule has 0 unspecified atom stereocenters. The summed E-state index contributed by atoms with van der Waals surface area (Å²) in [5, 5.41) is 7.25. The van der Waals surface area contributed by atoms with Gasteiger partial charge in [0.1, 0.15) is 5.76 Å². The Kier molecular flexibility index (Phi) is 4.15. The highest BCUT2D eigenvalue weighted by Crippen LogP contribution is 2.21. The van der Waals surface area contributed by atoms with E-state index in [1.807, 2.05) is 19.1 Å². The number of aromatic nitrogens is 3. The van der Waals surface area contributed by atoms with Gasteiger partial charge in [0, 0.05) is 18.2 Å². The van der Waals surface area contributed by atoms with Crippen LogP contribution < -0.4 is 5.32 Å². The molecular weight excluding hydrogens is 300 g/mol. The minimum atomic E-state index is -0.0900. The largest absolute Gasteiger partial charge is 0.360 e. The number of carbonyl (C=O) groups is 1. The van der Waals surface area contributed by atoms with Crippen LogP contribution in [0.4, 0.5) is 5.82 Å². The summed E-state index contributed by atoms with van der Waals surface area (Å²) in [5.74, 6) is 1.67. The van der Waals surface area contributed by atoms with Crippen LogP contribution in [-0.4, -0.2) is 26.8 Å². The first-order chi connectivity index (χ1) is 10.6. The molecule has 0 radical (unpaired) electrons. The van der Waals surface area contributed by atoms with Crippen LogP contribution >= 0.6 is 11.8 Å². The number of nitrogens with one attached hydrogen (secondary N) is 2. The molecule has 0 bridgehead atoms. The van der Waals surface area contributed by atoms with Crippen LogP contribution in [0.2, 0.25) is 0 Å². The van der Waals surface area contributed by atoms with E-state index >= 15 is 0 Å². The van der Waals surface area contributed by atoms with E-state index in [0.717, 1.165) is 16.2 Å². The van der Waals surface area contributed by atoms with Crippen molar-refractivity contribution in [1.29, 1.82) is 0 Å². The van der Waals surface area contributed by atoms with Gasteiger partial charge in [-0.15, -0.1) is 0 Å². The van der Waals surface area contributed by atoms with Crippen molar-refractivity contribution in [1.82, 2.24) is 15.1 Å². The highest BCUT2D eigenvalue weighted by atomic mass is 32.2. The zero-order valence-electron chi connectivity index (χ0n) is 12.3. The summed E-state index contributed by atoms with van der Waals surface area (Å²) in [4.78, 5) is 19.5. The highest BCUT2D eigenvalue weighted by Gasteiger charge is 2.08. The minimum Gasteiger partial charge on any atom is -0.360 e. The molecule has 0 aliphatic heterocycles. The first-order valence-corrected chi connectivity index (χ1v) is 7.91. The average Bonchev–Trinajstić information content (AvgIpc) is 3.04. The number of H-pyrrole nitrogens is 1. The normalized spacial score (nSPS) is 11.0. The number of thioether (sulfide) groups is 1. The Bertz CT molecular complexity index is 809. The molecule has 0 fully saturated rings. The minimum absolute atomic E-state index is 0.0900. The lowest BCUT2D eigenvalue weighted by Crippen LogP contribution is -2.12. The van der Waals surface area contributed by atoms with Crippen molar-refractivity contribution in [3.63, 3.8) is 0 Å². The van der Waals surface area contributed by atoms with Crippen LogP contribution in [0, 0.1) is 13.8 Å². The second kappa shape index (κ2) is 6.23. The number of fused-ring (bicyclic) bond motifs is 1. The van der Waals surface area contributed by atoms with Gasteiger partial charge in [-0.25, -0.2) is 4.98 Å². The summed E-state index contributed by atoms with van der Waals surface area (Å²) in [6.07, 6.45) is 0.382. The van der Waals surface area contributed by atoms with Crippen molar-refractivity contribution in [2.45, 2.75) is 25.4 Å². The molecule has 3 rings (SSSR count). The monoisotopic (exact) mass is 316 g/mol. The molecule has 0 atom stereocenters. The molecule has 3 aromatic rings. The second-order valence-electron chi connectivity index (χ2n) is 5.03. The third-order valence-electron chi connectivity index (χ3n) is 3.08. The number of hydrogen-bond donors (Lipinski definition) is 2. The number of benzene rings is 1. The third-order valence-corrected chi connectivity index (χ3v) is 3.95. The molecule has 0 saturated carbocycles. The Morgan fingerprint density at radius 2 is 2.23 bits per heavy atom. The fourth-order valence-electron chi connectivity index (χ4n) is 2.04.